The highest BCUT2D eigenvalue weighted by atomic mass is 19.1. The number of hydrogen-bond acceptors (Lipinski definition) is 7. The van der Waals surface area contributed by atoms with Crippen molar-refractivity contribution in [3.63, 3.8) is 0 Å². The Morgan fingerprint density at radius 1 is 1.21 bits per heavy atom. The normalized spacial score (nSPS) is 49.4. The minimum Gasteiger partial charge on any atom is -0.463 e. The van der Waals surface area contributed by atoms with Crippen LogP contribution in [0, 0.1) is 22.7 Å². The number of ether oxygens (including phenoxy) is 3. The molecule has 5 aliphatic rings. The van der Waals surface area contributed by atoms with Gasteiger partial charge in [-0.1, -0.05) is 18.6 Å². The molecule has 33 heavy (non-hydrogen) atoms. The number of ketones is 2. The van der Waals surface area contributed by atoms with Crippen molar-refractivity contribution < 1.29 is 38.1 Å². The fraction of sp³-hybridized carbons (Fsp3) is 0.720. The van der Waals surface area contributed by atoms with Crippen molar-refractivity contribution in [1.29, 1.82) is 0 Å². The van der Waals surface area contributed by atoms with E-state index >= 15 is 4.39 Å². The molecule has 1 saturated heterocycles. The number of fused-ring (bicyclic) bond motifs is 7. The summed E-state index contributed by atoms with van der Waals surface area (Å²) in [5, 5.41) is 11.4. The van der Waals surface area contributed by atoms with Crippen LogP contribution >= 0.6 is 0 Å². The van der Waals surface area contributed by atoms with Gasteiger partial charge in [-0.05, 0) is 64.5 Å². The molecule has 0 spiro atoms. The van der Waals surface area contributed by atoms with E-state index in [9.17, 15) is 19.5 Å². The van der Waals surface area contributed by atoms with Gasteiger partial charge in [0.15, 0.2) is 22.8 Å². The van der Waals surface area contributed by atoms with Crippen molar-refractivity contribution in [3.05, 3.63) is 23.8 Å². The molecule has 7 nitrogen and oxygen atoms in total. The van der Waals surface area contributed by atoms with Gasteiger partial charge in [-0.3, -0.25) is 9.59 Å². The Hall–Kier alpha value is -1.90. The van der Waals surface area contributed by atoms with Crippen LogP contribution in [0.2, 0.25) is 0 Å². The topological polar surface area (TPSA) is 99.1 Å². The maximum Gasteiger partial charge on any atom is 0.377 e. The van der Waals surface area contributed by atoms with Gasteiger partial charge in [0, 0.05) is 16.7 Å². The summed E-state index contributed by atoms with van der Waals surface area (Å²) in [4.78, 5) is 37.9. The van der Waals surface area contributed by atoms with E-state index in [4.69, 9.17) is 14.2 Å². The predicted octanol–water partition coefficient (Wildman–Crippen LogP) is 2.60. The number of rotatable bonds is 2. The second kappa shape index (κ2) is 6.61. The molecule has 1 N–H and O–H groups in total. The zero-order valence-electron chi connectivity index (χ0n) is 19.6. The fourth-order valence-electron chi connectivity index (χ4n) is 7.95. The summed E-state index contributed by atoms with van der Waals surface area (Å²) in [6.45, 7) is 6.90. The summed E-state index contributed by atoms with van der Waals surface area (Å²) in [6, 6.07) is 0. The van der Waals surface area contributed by atoms with Gasteiger partial charge in [-0.2, -0.15) is 0 Å². The lowest BCUT2D eigenvalue weighted by molar-refractivity contribution is -0.245. The number of carbonyl (C=O) groups excluding carboxylic acids is 3. The molecule has 1 aliphatic heterocycles. The van der Waals surface area contributed by atoms with E-state index in [1.807, 2.05) is 0 Å². The highest BCUT2D eigenvalue weighted by Crippen LogP contribution is 2.72. The van der Waals surface area contributed by atoms with Crippen molar-refractivity contribution in [2.45, 2.75) is 82.6 Å². The number of allylic oxidation sites excluding steroid dienone is 4. The van der Waals surface area contributed by atoms with Crippen LogP contribution in [-0.2, 0) is 28.6 Å². The summed E-state index contributed by atoms with van der Waals surface area (Å²) in [5.74, 6) is -4.20. The number of halogens is 1. The van der Waals surface area contributed by atoms with Crippen LogP contribution in [0.3, 0.4) is 0 Å². The van der Waals surface area contributed by atoms with Crippen molar-refractivity contribution in [2.75, 3.05) is 7.11 Å². The number of esters is 1. The molecule has 4 fully saturated rings. The smallest absolute Gasteiger partial charge is 0.377 e. The maximum atomic E-state index is 17.2. The molecular weight excluding hydrogens is 431 g/mol. The number of methoxy groups -OCH3 is 1. The molecule has 8 atom stereocenters. The second-order valence-electron chi connectivity index (χ2n) is 11.2. The Kier molecular flexibility index (Phi) is 4.58. The van der Waals surface area contributed by atoms with Gasteiger partial charge in [0.1, 0.15) is 0 Å². The highest BCUT2D eigenvalue weighted by molar-refractivity contribution is 6.37. The third kappa shape index (κ3) is 2.52. The van der Waals surface area contributed by atoms with E-state index in [-0.39, 0.29) is 18.1 Å². The first-order valence-electron chi connectivity index (χ1n) is 11.6. The van der Waals surface area contributed by atoms with Gasteiger partial charge in [0.25, 0.3) is 5.78 Å². The van der Waals surface area contributed by atoms with Gasteiger partial charge in [-0.15, -0.1) is 0 Å². The molecule has 8 heteroatoms. The number of aliphatic hydroxyl groups excluding tert-OH is 1. The Morgan fingerprint density at radius 2 is 1.91 bits per heavy atom. The van der Waals surface area contributed by atoms with E-state index in [1.165, 1.54) is 12.2 Å². The molecule has 1 unspecified atom stereocenters. The molecular formula is C25H31FO7. The largest absolute Gasteiger partial charge is 0.463 e. The van der Waals surface area contributed by atoms with Crippen LogP contribution in [0.1, 0.15) is 53.4 Å². The van der Waals surface area contributed by atoms with E-state index < -0.39 is 57.8 Å². The molecule has 0 aromatic heterocycles. The molecule has 0 aromatic carbocycles. The predicted molar refractivity (Wildman–Crippen MR) is 114 cm³/mol. The average molecular weight is 463 g/mol. The molecule has 0 radical (unpaired) electrons. The molecule has 5 rings (SSSR count). The molecule has 3 saturated carbocycles. The molecule has 1 heterocycles. The summed E-state index contributed by atoms with van der Waals surface area (Å²) < 4.78 is 34.4. The van der Waals surface area contributed by atoms with Gasteiger partial charge in [0.05, 0.1) is 19.3 Å². The third-order valence-electron chi connectivity index (χ3n) is 9.34. The van der Waals surface area contributed by atoms with Crippen LogP contribution < -0.4 is 0 Å². The maximum absolute atomic E-state index is 17.2. The third-order valence-corrected chi connectivity index (χ3v) is 9.34. The summed E-state index contributed by atoms with van der Waals surface area (Å²) in [5.41, 5.74) is -5.22. The molecule has 4 aliphatic carbocycles. The van der Waals surface area contributed by atoms with Gasteiger partial charge in [-0.25, -0.2) is 9.18 Å². The Labute approximate surface area is 192 Å². The lowest BCUT2D eigenvalue weighted by Gasteiger charge is -2.62. The van der Waals surface area contributed by atoms with Crippen LogP contribution in [0.5, 0.6) is 0 Å². The zero-order chi connectivity index (χ0) is 24.2. The Morgan fingerprint density at radius 3 is 2.58 bits per heavy atom. The first-order valence-corrected chi connectivity index (χ1v) is 11.6. The summed E-state index contributed by atoms with van der Waals surface area (Å²) in [6.07, 6.45) is 3.39. The number of alkyl halides is 1. The fourth-order valence-corrected chi connectivity index (χ4v) is 7.95. The van der Waals surface area contributed by atoms with E-state index in [0.29, 0.717) is 24.8 Å². The van der Waals surface area contributed by atoms with Crippen LogP contribution in [0.4, 0.5) is 4.39 Å². The minimum atomic E-state index is -2.04. The highest BCUT2D eigenvalue weighted by Gasteiger charge is 2.80. The number of hydrogen-bond donors (Lipinski definition) is 1. The lowest BCUT2D eigenvalue weighted by Crippen LogP contribution is -2.70. The molecule has 0 amide bonds. The molecule has 0 bridgehead atoms. The lowest BCUT2D eigenvalue weighted by atomic mass is 9.44. The molecule has 180 valence electrons. The first-order chi connectivity index (χ1) is 15.3. The standard InChI is InChI=1S/C25H31FO7/c1-21(2)32-18-11-16-15-7-6-13-10-14(27)8-9-22(13,3)24(15,26)17(28)12-23(16,4)25(18,33-21)19(29)20(30)31-5/h8-10,15-18,28H,6-7,11-12H2,1-5H3/t15-,16-,17-,18-,22-,23-,24?,25-/m0/s1. The second-order valence-corrected chi connectivity index (χ2v) is 11.2. The van der Waals surface area contributed by atoms with E-state index in [0.717, 1.165) is 7.11 Å². The van der Waals surface area contributed by atoms with Crippen molar-refractivity contribution in [2.24, 2.45) is 22.7 Å². The van der Waals surface area contributed by atoms with E-state index in [2.05, 4.69) is 0 Å². The van der Waals surface area contributed by atoms with Crippen molar-refractivity contribution in [3.8, 4) is 0 Å². The number of Topliss-reactive ketones (excluding diaryl/α,β-unsaturated/α-hetero) is 1. The monoisotopic (exact) mass is 462 g/mol. The van der Waals surface area contributed by atoms with Crippen LogP contribution in [0.25, 0.3) is 0 Å². The average Bonchev–Trinajstić information content (AvgIpc) is 3.14. The van der Waals surface area contributed by atoms with Crippen LogP contribution in [0.15, 0.2) is 23.8 Å². The number of aliphatic hydroxyl groups is 1. The van der Waals surface area contributed by atoms with E-state index in [1.54, 1.807) is 33.8 Å². The van der Waals surface area contributed by atoms with Gasteiger partial charge >= 0.3 is 5.97 Å². The zero-order valence-corrected chi connectivity index (χ0v) is 19.6. The Bertz CT molecular complexity index is 1020. The van der Waals surface area contributed by atoms with Gasteiger partial charge in [0.2, 0.25) is 0 Å². The quantitative estimate of drug-likeness (QED) is 0.497. The van der Waals surface area contributed by atoms with Gasteiger partial charge < -0.3 is 19.3 Å². The van der Waals surface area contributed by atoms with Crippen LogP contribution in [-0.4, -0.2) is 59.0 Å². The first kappa shape index (κ1) is 22.9. The van der Waals surface area contributed by atoms with Crippen molar-refractivity contribution in [1.82, 2.24) is 0 Å². The SMILES string of the molecule is COC(=O)C(=O)[C@@]12OC(C)(C)O[C@H]1C[C@H]1[C@@H]3CCC4=CC(=O)C=C[C@]4(C)C3(F)[C@@H](O)C[C@@]12C. The number of carbonyl (C=O) groups is 3. The van der Waals surface area contributed by atoms with Crippen molar-refractivity contribution >= 4 is 17.5 Å². The molecule has 0 aromatic rings. The summed E-state index contributed by atoms with van der Waals surface area (Å²) in [7, 11) is 1.14. The minimum absolute atomic E-state index is 0.0893. The summed E-state index contributed by atoms with van der Waals surface area (Å²) >= 11 is 0. The Balaban J connectivity index is 1.64.